The summed E-state index contributed by atoms with van der Waals surface area (Å²) < 4.78 is 10.0. The third-order valence-electron chi connectivity index (χ3n) is 0.552. The minimum absolute atomic E-state index is 0.115. The lowest BCUT2D eigenvalue weighted by Gasteiger charge is -1.91. The Morgan fingerprint density at radius 3 is 2.50 bits per heavy atom. The van der Waals surface area contributed by atoms with E-state index in [1.807, 2.05) is 0 Å². The highest BCUT2D eigenvalue weighted by Crippen LogP contribution is 1.66. The summed E-state index contributed by atoms with van der Waals surface area (Å²) in [7, 11) is -0.0401. The lowest BCUT2D eigenvalue weighted by atomic mass is 10.7. The molecular formula is C3H8N2O2S. The zero-order valence-electron chi connectivity index (χ0n) is 4.51. The van der Waals surface area contributed by atoms with Crippen molar-refractivity contribution in [1.82, 2.24) is 5.32 Å². The first-order valence-electron chi connectivity index (χ1n) is 2.00. The Labute approximate surface area is 50.0 Å². The van der Waals surface area contributed by atoms with Crippen LogP contribution in [-0.2, 0) is 15.8 Å². The van der Waals surface area contributed by atoms with Gasteiger partial charge in [0, 0.05) is 7.05 Å². The summed E-state index contributed by atoms with van der Waals surface area (Å²) in [6, 6.07) is 0. The summed E-state index contributed by atoms with van der Waals surface area (Å²) in [4.78, 5) is 10.2. The van der Waals surface area contributed by atoms with E-state index in [-0.39, 0.29) is 11.7 Å². The molecule has 0 aliphatic rings. The maximum atomic E-state index is 10.2. The third-order valence-corrected chi connectivity index (χ3v) is 1.10. The van der Waals surface area contributed by atoms with E-state index in [1.165, 1.54) is 7.05 Å². The van der Waals surface area contributed by atoms with E-state index in [4.69, 9.17) is 5.14 Å². The monoisotopic (exact) mass is 136 g/mol. The van der Waals surface area contributed by atoms with Crippen LogP contribution in [0.4, 0.5) is 0 Å². The number of amides is 1. The summed E-state index contributed by atoms with van der Waals surface area (Å²) in [6.07, 6.45) is 0. The highest BCUT2D eigenvalue weighted by Gasteiger charge is 1.98. The molecule has 8 heavy (non-hydrogen) atoms. The summed E-state index contributed by atoms with van der Waals surface area (Å²) >= 11 is 0. The molecule has 0 saturated heterocycles. The Kier molecular flexibility index (Phi) is 3.38. The van der Waals surface area contributed by atoms with Crippen LogP contribution in [0, 0.1) is 0 Å². The maximum Gasteiger partial charge on any atom is 0.233 e. The Hall–Kier alpha value is -0.420. The Morgan fingerprint density at radius 2 is 2.38 bits per heavy atom. The highest BCUT2D eigenvalue weighted by molar-refractivity contribution is 7.83. The van der Waals surface area contributed by atoms with E-state index in [9.17, 15) is 9.00 Å². The molecular weight excluding hydrogens is 128 g/mol. The van der Waals surface area contributed by atoms with Gasteiger partial charge in [-0.15, -0.1) is 0 Å². The maximum absolute atomic E-state index is 10.2. The quantitative estimate of drug-likeness (QED) is 0.477. The number of hydrogen-bond acceptors (Lipinski definition) is 2. The van der Waals surface area contributed by atoms with Crippen molar-refractivity contribution in [3.05, 3.63) is 0 Å². The van der Waals surface area contributed by atoms with Crippen molar-refractivity contribution in [2.24, 2.45) is 5.14 Å². The molecule has 0 rings (SSSR count). The van der Waals surface area contributed by atoms with Crippen LogP contribution < -0.4 is 10.5 Å². The molecule has 1 atom stereocenters. The van der Waals surface area contributed by atoms with Crippen molar-refractivity contribution >= 4 is 16.9 Å². The van der Waals surface area contributed by atoms with Crippen LogP contribution in [0.2, 0.25) is 0 Å². The summed E-state index contributed by atoms with van der Waals surface area (Å²) in [5.41, 5.74) is 0. The molecule has 0 fully saturated rings. The first-order valence-corrected chi connectivity index (χ1v) is 3.38. The lowest BCUT2D eigenvalue weighted by molar-refractivity contribution is -0.118. The average Bonchev–Trinajstić information content (AvgIpc) is 1.65. The van der Waals surface area contributed by atoms with Crippen LogP contribution >= 0.6 is 0 Å². The van der Waals surface area contributed by atoms with Crippen LogP contribution in [0.3, 0.4) is 0 Å². The van der Waals surface area contributed by atoms with Gasteiger partial charge in [0.25, 0.3) is 0 Å². The van der Waals surface area contributed by atoms with Crippen LogP contribution in [0.25, 0.3) is 0 Å². The van der Waals surface area contributed by atoms with E-state index in [1.54, 1.807) is 0 Å². The fourth-order valence-electron chi connectivity index (χ4n) is 0.201. The largest absolute Gasteiger partial charge is 0.358 e. The number of hydrogen-bond donors (Lipinski definition) is 2. The molecule has 0 aliphatic carbocycles. The van der Waals surface area contributed by atoms with Gasteiger partial charge in [-0.1, -0.05) is 0 Å². The molecule has 5 heteroatoms. The van der Waals surface area contributed by atoms with Gasteiger partial charge in [-0.3, -0.25) is 9.93 Å². The van der Waals surface area contributed by atoms with Gasteiger partial charge in [-0.25, -0.2) is 4.21 Å². The number of rotatable bonds is 2. The fraction of sp³-hybridized carbons (Fsp3) is 0.667. The second kappa shape index (κ2) is 3.57. The summed E-state index contributed by atoms with van der Waals surface area (Å²) in [5.74, 6) is -0.415. The Balaban J connectivity index is 3.40. The molecule has 1 amide bonds. The molecule has 0 spiro atoms. The van der Waals surface area contributed by atoms with Crippen molar-refractivity contribution in [1.29, 1.82) is 0 Å². The van der Waals surface area contributed by atoms with Crippen molar-refractivity contribution in [3.63, 3.8) is 0 Å². The lowest BCUT2D eigenvalue weighted by Crippen LogP contribution is -2.26. The SMILES string of the molecule is CNC(=O)CS(N)=O. The minimum atomic E-state index is -1.51. The van der Waals surface area contributed by atoms with Gasteiger partial charge in [-0.2, -0.15) is 0 Å². The van der Waals surface area contributed by atoms with Crippen LogP contribution in [-0.4, -0.2) is 22.9 Å². The second-order valence-corrected chi connectivity index (χ2v) is 2.25. The molecule has 0 bridgehead atoms. The Bertz CT molecular complexity index is 114. The third kappa shape index (κ3) is 3.76. The normalized spacial score (nSPS) is 12.8. The van der Waals surface area contributed by atoms with Gasteiger partial charge in [0.1, 0.15) is 5.75 Å². The molecule has 0 aromatic carbocycles. The van der Waals surface area contributed by atoms with Gasteiger partial charge in [0.05, 0.1) is 11.0 Å². The van der Waals surface area contributed by atoms with Crippen molar-refractivity contribution in [2.75, 3.05) is 12.8 Å². The van der Waals surface area contributed by atoms with E-state index in [0.717, 1.165) is 0 Å². The molecule has 0 radical (unpaired) electrons. The molecule has 0 aromatic heterocycles. The van der Waals surface area contributed by atoms with Gasteiger partial charge >= 0.3 is 0 Å². The molecule has 3 N–H and O–H groups in total. The van der Waals surface area contributed by atoms with Gasteiger partial charge in [0.2, 0.25) is 5.91 Å². The van der Waals surface area contributed by atoms with Crippen LogP contribution in [0.1, 0.15) is 0 Å². The smallest absolute Gasteiger partial charge is 0.233 e. The Morgan fingerprint density at radius 1 is 1.88 bits per heavy atom. The van der Waals surface area contributed by atoms with Gasteiger partial charge < -0.3 is 5.32 Å². The van der Waals surface area contributed by atoms with E-state index >= 15 is 0 Å². The number of carbonyl (C=O) groups excluding carboxylic acids is 1. The van der Waals surface area contributed by atoms with Crippen molar-refractivity contribution < 1.29 is 9.00 Å². The average molecular weight is 136 g/mol. The number of nitrogens with one attached hydrogen (secondary N) is 1. The number of carbonyl (C=O) groups is 1. The predicted octanol–water partition coefficient (Wildman–Crippen LogP) is -1.65. The second-order valence-electron chi connectivity index (χ2n) is 1.20. The molecule has 0 heterocycles. The zero-order valence-corrected chi connectivity index (χ0v) is 5.33. The minimum Gasteiger partial charge on any atom is -0.358 e. The zero-order chi connectivity index (χ0) is 6.57. The topological polar surface area (TPSA) is 72.2 Å². The van der Waals surface area contributed by atoms with Gasteiger partial charge in [0.15, 0.2) is 0 Å². The molecule has 4 nitrogen and oxygen atoms in total. The van der Waals surface area contributed by atoms with Crippen molar-refractivity contribution in [3.8, 4) is 0 Å². The highest BCUT2D eigenvalue weighted by atomic mass is 32.2. The summed E-state index contributed by atoms with van der Waals surface area (Å²) in [5, 5.41) is 7.06. The van der Waals surface area contributed by atoms with Crippen LogP contribution in [0.15, 0.2) is 0 Å². The van der Waals surface area contributed by atoms with E-state index < -0.39 is 11.0 Å². The van der Waals surface area contributed by atoms with E-state index in [2.05, 4.69) is 5.32 Å². The molecule has 0 aromatic rings. The predicted molar refractivity (Wildman–Crippen MR) is 31.3 cm³/mol. The molecule has 48 valence electrons. The number of nitrogens with two attached hydrogens (primary N) is 1. The fourth-order valence-corrected chi connectivity index (χ4v) is 0.604. The first-order chi connectivity index (χ1) is 3.66. The first kappa shape index (κ1) is 7.58. The van der Waals surface area contributed by atoms with E-state index in [0.29, 0.717) is 0 Å². The molecule has 1 unspecified atom stereocenters. The van der Waals surface area contributed by atoms with Crippen LogP contribution in [0.5, 0.6) is 0 Å². The van der Waals surface area contributed by atoms with Crippen molar-refractivity contribution in [2.45, 2.75) is 0 Å². The molecule has 0 saturated carbocycles. The standard InChI is InChI=1S/C3H8N2O2S/c1-5-3(6)2-8(4)7/h2,4H2,1H3,(H,5,6). The molecule has 0 aliphatic heterocycles. The summed E-state index contributed by atoms with van der Waals surface area (Å²) in [6.45, 7) is 0. The van der Waals surface area contributed by atoms with Gasteiger partial charge in [-0.05, 0) is 0 Å².